The molecule has 0 spiro atoms. The van der Waals surface area contributed by atoms with E-state index in [1.165, 1.54) is 12.1 Å². The van der Waals surface area contributed by atoms with Crippen molar-refractivity contribution in [2.45, 2.75) is 4.21 Å². The van der Waals surface area contributed by atoms with Gasteiger partial charge in [-0.1, -0.05) is 23.2 Å². The molecule has 0 aliphatic heterocycles. The quantitative estimate of drug-likeness (QED) is 0.756. The molecule has 2 N–H and O–H groups in total. The van der Waals surface area contributed by atoms with Crippen LogP contribution in [0, 0.1) is 0 Å². The van der Waals surface area contributed by atoms with Crippen molar-refractivity contribution in [2.24, 2.45) is 0 Å². The number of benzene rings is 1. The van der Waals surface area contributed by atoms with Crippen molar-refractivity contribution in [1.29, 1.82) is 0 Å². The zero-order valence-electron chi connectivity index (χ0n) is 9.93. The second-order valence-corrected chi connectivity index (χ2v) is 8.21. The minimum atomic E-state index is -3.98. The molecule has 112 valence electrons. The monoisotopic (exact) mass is 429 g/mol. The molecule has 10 heteroatoms. The highest BCUT2D eigenvalue weighted by Gasteiger charge is 2.25. The first-order valence-corrected chi connectivity index (χ1v) is 9.12. The molecule has 2 rings (SSSR count). The fourth-order valence-corrected chi connectivity index (χ4v) is 5.44. The molecule has 0 saturated carbocycles. The summed E-state index contributed by atoms with van der Waals surface area (Å²) in [5, 5.41) is 10.6. The zero-order valence-corrected chi connectivity index (χ0v) is 14.7. The smallest absolute Gasteiger partial charge is 0.339 e. The van der Waals surface area contributed by atoms with Gasteiger partial charge in [-0.2, -0.15) is 0 Å². The fraction of sp³-hybridized carbons (Fsp3) is 0. The SMILES string of the molecule is O=C(O)c1c(Cl)ccc(Cl)c1NS(=O)(=O)c1sccc1Br. The molecule has 0 fully saturated rings. The Balaban J connectivity index is 2.57. The molecule has 0 saturated heterocycles. The zero-order chi connectivity index (χ0) is 15.8. The van der Waals surface area contributed by atoms with E-state index < -0.39 is 21.6 Å². The van der Waals surface area contributed by atoms with Crippen molar-refractivity contribution >= 4 is 72.1 Å². The number of hydrogen-bond donors (Lipinski definition) is 2. The van der Waals surface area contributed by atoms with E-state index in [0.29, 0.717) is 4.47 Å². The van der Waals surface area contributed by atoms with Gasteiger partial charge in [-0.25, -0.2) is 13.2 Å². The van der Waals surface area contributed by atoms with Gasteiger partial charge in [-0.3, -0.25) is 4.72 Å². The summed E-state index contributed by atoms with van der Waals surface area (Å²) in [7, 11) is -3.98. The topological polar surface area (TPSA) is 83.5 Å². The lowest BCUT2D eigenvalue weighted by Crippen LogP contribution is -2.15. The van der Waals surface area contributed by atoms with E-state index >= 15 is 0 Å². The lowest BCUT2D eigenvalue weighted by Gasteiger charge is -2.12. The van der Waals surface area contributed by atoms with Crippen LogP contribution in [0.2, 0.25) is 10.0 Å². The molecule has 1 heterocycles. The van der Waals surface area contributed by atoms with Crippen LogP contribution in [0.4, 0.5) is 5.69 Å². The Bertz CT molecular complexity index is 820. The average Bonchev–Trinajstić information content (AvgIpc) is 2.80. The Kier molecular flexibility index (Phi) is 4.84. The molecule has 0 radical (unpaired) electrons. The van der Waals surface area contributed by atoms with E-state index in [9.17, 15) is 13.2 Å². The Morgan fingerprint density at radius 2 is 1.86 bits per heavy atom. The van der Waals surface area contributed by atoms with E-state index in [1.807, 2.05) is 0 Å². The summed E-state index contributed by atoms with van der Waals surface area (Å²) in [6, 6.07) is 4.17. The number of carboxylic acids is 1. The van der Waals surface area contributed by atoms with Gasteiger partial charge < -0.3 is 5.11 Å². The van der Waals surface area contributed by atoms with Gasteiger partial charge in [0.1, 0.15) is 5.56 Å². The third kappa shape index (κ3) is 3.35. The number of carbonyl (C=O) groups is 1. The van der Waals surface area contributed by atoms with Gasteiger partial charge in [0.2, 0.25) is 0 Å². The molecule has 0 unspecified atom stereocenters. The lowest BCUT2D eigenvalue weighted by atomic mass is 10.2. The Morgan fingerprint density at radius 1 is 1.24 bits per heavy atom. The number of rotatable bonds is 4. The highest BCUT2D eigenvalue weighted by molar-refractivity contribution is 9.10. The average molecular weight is 431 g/mol. The first-order chi connectivity index (χ1) is 9.74. The fourth-order valence-electron chi connectivity index (χ4n) is 1.51. The molecule has 0 aliphatic rings. The summed E-state index contributed by atoms with van der Waals surface area (Å²) in [5.41, 5.74) is -0.669. The van der Waals surface area contributed by atoms with Crippen LogP contribution in [0.15, 0.2) is 32.3 Å². The van der Waals surface area contributed by atoms with Gasteiger partial charge in [-0.15, -0.1) is 11.3 Å². The van der Waals surface area contributed by atoms with E-state index in [1.54, 1.807) is 11.4 Å². The molecular weight excluding hydrogens is 425 g/mol. The summed E-state index contributed by atoms with van der Waals surface area (Å²) in [5.74, 6) is -1.38. The van der Waals surface area contributed by atoms with Gasteiger partial charge in [0.25, 0.3) is 10.0 Å². The van der Waals surface area contributed by atoms with Crippen LogP contribution in [0.1, 0.15) is 10.4 Å². The van der Waals surface area contributed by atoms with Gasteiger partial charge in [0.05, 0.1) is 15.7 Å². The van der Waals surface area contributed by atoms with E-state index in [0.717, 1.165) is 11.3 Å². The normalized spacial score (nSPS) is 11.4. The maximum Gasteiger partial charge on any atom is 0.339 e. The van der Waals surface area contributed by atoms with Crippen LogP contribution in [0.5, 0.6) is 0 Å². The van der Waals surface area contributed by atoms with E-state index in [4.69, 9.17) is 28.3 Å². The summed E-state index contributed by atoms with van der Waals surface area (Å²) in [4.78, 5) is 11.2. The number of aromatic carboxylic acids is 1. The van der Waals surface area contributed by atoms with Crippen LogP contribution < -0.4 is 4.72 Å². The largest absolute Gasteiger partial charge is 0.478 e. The Hall–Kier alpha value is -0.800. The highest BCUT2D eigenvalue weighted by Crippen LogP contribution is 2.35. The van der Waals surface area contributed by atoms with Crippen LogP contribution in [-0.4, -0.2) is 19.5 Å². The number of carboxylic acid groups (broad SMARTS) is 1. The summed E-state index contributed by atoms with van der Waals surface area (Å²) >= 11 is 15.8. The van der Waals surface area contributed by atoms with Crippen LogP contribution >= 0.6 is 50.5 Å². The third-order valence-electron chi connectivity index (χ3n) is 2.38. The number of nitrogens with one attached hydrogen (secondary N) is 1. The van der Waals surface area contributed by atoms with Crippen LogP contribution in [0.3, 0.4) is 0 Å². The molecule has 0 bridgehead atoms. The molecule has 2 aromatic rings. The second-order valence-electron chi connectivity index (χ2n) is 3.75. The molecule has 1 aromatic carbocycles. The van der Waals surface area contributed by atoms with Gasteiger partial charge in [0, 0.05) is 4.47 Å². The number of thiophene rings is 1. The predicted molar refractivity (Wildman–Crippen MR) is 86.2 cm³/mol. The second kappa shape index (κ2) is 6.13. The first-order valence-electron chi connectivity index (χ1n) is 5.21. The molecule has 0 atom stereocenters. The minimum Gasteiger partial charge on any atom is -0.478 e. The first kappa shape index (κ1) is 16.6. The highest BCUT2D eigenvalue weighted by atomic mass is 79.9. The Labute approximate surface area is 142 Å². The number of hydrogen-bond acceptors (Lipinski definition) is 4. The Morgan fingerprint density at radius 3 is 2.38 bits per heavy atom. The van der Waals surface area contributed by atoms with Crippen molar-refractivity contribution in [2.75, 3.05) is 4.72 Å². The van der Waals surface area contributed by atoms with Crippen LogP contribution in [0.25, 0.3) is 0 Å². The predicted octanol–water partition coefficient (Wildman–Crippen LogP) is 4.32. The summed E-state index contributed by atoms with van der Waals surface area (Å²) < 4.78 is 27.1. The molecule has 0 amide bonds. The summed E-state index contributed by atoms with van der Waals surface area (Å²) in [6.45, 7) is 0. The van der Waals surface area contributed by atoms with Crippen molar-refractivity contribution in [3.05, 3.63) is 43.7 Å². The molecule has 1 aromatic heterocycles. The van der Waals surface area contributed by atoms with Crippen molar-refractivity contribution < 1.29 is 18.3 Å². The van der Waals surface area contributed by atoms with Crippen molar-refractivity contribution in [1.82, 2.24) is 0 Å². The van der Waals surface area contributed by atoms with Gasteiger partial charge >= 0.3 is 5.97 Å². The van der Waals surface area contributed by atoms with Crippen molar-refractivity contribution in [3.63, 3.8) is 0 Å². The third-order valence-corrected chi connectivity index (χ3v) is 7.03. The minimum absolute atomic E-state index is 0.00915. The van der Waals surface area contributed by atoms with Gasteiger partial charge in [-0.05, 0) is 39.5 Å². The summed E-state index contributed by atoms with van der Waals surface area (Å²) in [6.07, 6.45) is 0. The van der Waals surface area contributed by atoms with Gasteiger partial charge in [0.15, 0.2) is 4.21 Å². The number of sulfonamides is 1. The van der Waals surface area contributed by atoms with Crippen LogP contribution in [-0.2, 0) is 10.0 Å². The van der Waals surface area contributed by atoms with Crippen molar-refractivity contribution in [3.8, 4) is 0 Å². The standard InChI is InChI=1S/C11H6BrCl2NO4S2/c12-5-3-4-20-11(5)21(18,19)15-9-7(14)2-1-6(13)8(9)10(16)17/h1-4,15H,(H,16,17). The molecular formula is C11H6BrCl2NO4S2. The molecule has 21 heavy (non-hydrogen) atoms. The maximum absolute atomic E-state index is 12.3. The maximum atomic E-state index is 12.3. The lowest BCUT2D eigenvalue weighted by molar-refractivity contribution is 0.0698. The van der Waals surface area contributed by atoms with E-state index in [2.05, 4.69) is 20.7 Å². The molecule has 5 nitrogen and oxygen atoms in total. The molecule has 0 aliphatic carbocycles. The number of halogens is 3. The van der Waals surface area contributed by atoms with E-state index in [-0.39, 0.29) is 19.9 Å². The number of anilines is 1.